The summed E-state index contributed by atoms with van der Waals surface area (Å²) >= 11 is 0. The van der Waals surface area contributed by atoms with Crippen LogP contribution in [0.4, 0.5) is 11.6 Å². The Bertz CT molecular complexity index is 786. The molecule has 0 aliphatic heterocycles. The van der Waals surface area contributed by atoms with Gasteiger partial charge in [0.2, 0.25) is 11.8 Å². The van der Waals surface area contributed by atoms with E-state index in [-0.39, 0.29) is 5.95 Å². The van der Waals surface area contributed by atoms with Crippen molar-refractivity contribution in [3.05, 3.63) is 48.5 Å². The number of fused-ring (bicyclic) bond motifs is 1. The van der Waals surface area contributed by atoms with Gasteiger partial charge in [-0.1, -0.05) is 18.2 Å². The average Bonchev–Trinajstić information content (AvgIpc) is 2.47. The van der Waals surface area contributed by atoms with Crippen molar-refractivity contribution in [2.75, 3.05) is 24.7 Å². The highest BCUT2D eigenvalue weighted by molar-refractivity contribution is 5.84. The first kappa shape index (κ1) is 13.2. The van der Waals surface area contributed by atoms with Gasteiger partial charge in [0.1, 0.15) is 5.75 Å². The standard InChI is InChI=1S/C16H16N4O/c1-20(2)11-6-5-7-12(10-11)21-15-13-8-3-4-9-14(13)18-16(17)19-15/h3-10H,1-2H3,(H2,17,18,19). The maximum absolute atomic E-state index is 5.91. The molecule has 106 valence electrons. The maximum Gasteiger partial charge on any atom is 0.231 e. The highest BCUT2D eigenvalue weighted by Crippen LogP contribution is 2.29. The Hall–Kier alpha value is -2.82. The largest absolute Gasteiger partial charge is 0.438 e. The first-order valence-electron chi connectivity index (χ1n) is 6.61. The lowest BCUT2D eigenvalue weighted by Crippen LogP contribution is -2.08. The molecular formula is C16H16N4O. The molecule has 0 radical (unpaired) electrons. The minimum absolute atomic E-state index is 0.201. The summed E-state index contributed by atoms with van der Waals surface area (Å²) in [6, 6.07) is 15.4. The molecule has 2 aromatic carbocycles. The van der Waals surface area contributed by atoms with Crippen LogP contribution in [-0.2, 0) is 0 Å². The molecule has 0 saturated heterocycles. The van der Waals surface area contributed by atoms with Gasteiger partial charge in [-0.2, -0.15) is 4.98 Å². The highest BCUT2D eigenvalue weighted by Gasteiger charge is 2.08. The van der Waals surface area contributed by atoms with E-state index < -0.39 is 0 Å². The summed E-state index contributed by atoms with van der Waals surface area (Å²) in [5.74, 6) is 1.38. The van der Waals surface area contributed by atoms with Crippen molar-refractivity contribution in [3.63, 3.8) is 0 Å². The van der Waals surface area contributed by atoms with Crippen molar-refractivity contribution in [2.24, 2.45) is 0 Å². The fraction of sp³-hybridized carbons (Fsp3) is 0.125. The molecule has 0 fully saturated rings. The first-order chi connectivity index (χ1) is 10.1. The van der Waals surface area contributed by atoms with E-state index in [0.717, 1.165) is 16.6 Å². The molecule has 1 heterocycles. The minimum Gasteiger partial charge on any atom is -0.438 e. The second-order valence-corrected chi connectivity index (χ2v) is 4.90. The van der Waals surface area contributed by atoms with Crippen LogP contribution < -0.4 is 15.4 Å². The van der Waals surface area contributed by atoms with Gasteiger partial charge < -0.3 is 15.4 Å². The first-order valence-corrected chi connectivity index (χ1v) is 6.61. The van der Waals surface area contributed by atoms with E-state index in [0.29, 0.717) is 11.6 Å². The Balaban J connectivity index is 2.03. The number of nitrogens with two attached hydrogens (primary N) is 1. The number of para-hydroxylation sites is 1. The Morgan fingerprint density at radius 3 is 2.62 bits per heavy atom. The second kappa shape index (κ2) is 5.28. The Morgan fingerprint density at radius 1 is 1.00 bits per heavy atom. The van der Waals surface area contributed by atoms with E-state index in [9.17, 15) is 0 Å². The fourth-order valence-corrected chi connectivity index (χ4v) is 2.08. The van der Waals surface area contributed by atoms with Crippen molar-refractivity contribution in [1.29, 1.82) is 0 Å². The zero-order chi connectivity index (χ0) is 14.8. The topological polar surface area (TPSA) is 64.3 Å². The normalized spacial score (nSPS) is 10.6. The average molecular weight is 280 g/mol. The van der Waals surface area contributed by atoms with Gasteiger partial charge in [0, 0.05) is 25.8 Å². The molecule has 0 aliphatic carbocycles. The molecule has 0 unspecified atom stereocenters. The molecule has 21 heavy (non-hydrogen) atoms. The van der Waals surface area contributed by atoms with Crippen LogP contribution in [0.25, 0.3) is 10.9 Å². The van der Waals surface area contributed by atoms with Gasteiger partial charge >= 0.3 is 0 Å². The van der Waals surface area contributed by atoms with Crippen molar-refractivity contribution < 1.29 is 4.74 Å². The van der Waals surface area contributed by atoms with Gasteiger partial charge in [0.25, 0.3) is 0 Å². The summed E-state index contributed by atoms with van der Waals surface area (Å²) in [7, 11) is 3.97. The van der Waals surface area contributed by atoms with Crippen LogP contribution in [0.15, 0.2) is 48.5 Å². The molecule has 0 bridgehead atoms. The third-order valence-electron chi connectivity index (χ3n) is 3.13. The summed E-state index contributed by atoms with van der Waals surface area (Å²) in [6.07, 6.45) is 0. The van der Waals surface area contributed by atoms with Crippen molar-refractivity contribution in [3.8, 4) is 11.6 Å². The molecular weight excluding hydrogens is 264 g/mol. The zero-order valence-electron chi connectivity index (χ0n) is 11.9. The summed E-state index contributed by atoms with van der Waals surface area (Å²) in [5.41, 5.74) is 7.57. The Morgan fingerprint density at radius 2 is 1.81 bits per heavy atom. The van der Waals surface area contributed by atoms with Gasteiger partial charge in [-0.15, -0.1) is 0 Å². The molecule has 5 nitrogen and oxygen atoms in total. The molecule has 5 heteroatoms. The van der Waals surface area contributed by atoms with Crippen LogP contribution in [0, 0.1) is 0 Å². The fourth-order valence-electron chi connectivity index (χ4n) is 2.08. The SMILES string of the molecule is CN(C)c1cccc(Oc2nc(N)nc3ccccc23)c1. The predicted molar refractivity (Wildman–Crippen MR) is 84.8 cm³/mol. The monoisotopic (exact) mass is 280 g/mol. The van der Waals surface area contributed by atoms with E-state index in [4.69, 9.17) is 10.5 Å². The van der Waals surface area contributed by atoms with E-state index in [1.54, 1.807) is 0 Å². The molecule has 0 aliphatic rings. The van der Waals surface area contributed by atoms with Crippen LogP contribution >= 0.6 is 0 Å². The number of ether oxygens (including phenoxy) is 1. The van der Waals surface area contributed by atoms with Crippen molar-refractivity contribution in [2.45, 2.75) is 0 Å². The van der Waals surface area contributed by atoms with Crippen LogP contribution in [0.2, 0.25) is 0 Å². The summed E-state index contributed by atoms with van der Waals surface area (Å²) in [5, 5.41) is 0.835. The van der Waals surface area contributed by atoms with Crippen LogP contribution in [0.1, 0.15) is 0 Å². The second-order valence-electron chi connectivity index (χ2n) is 4.90. The maximum atomic E-state index is 5.91. The minimum atomic E-state index is 0.201. The van der Waals surface area contributed by atoms with Gasteiger partial charge in [-0.3, -0.25) is 0 Å². The number of aromatic nitrogens is 2. The van der Waals surface area contributed by atoms with Crippen molar-refractivity contribution >= 4 is 22.5 Å². The molecule has 3 rings (SSSR count). The van der Waals surface area contributed by atoms with Gasteiger partial charge in [0.05, 0.1) is 10.9 Å². The molecule has 0 spiro atoms. The third kappa shape index (κ3) is 2.72. The van der Waals surface area contributed by atoms with Gasteiger partial charge in [0.15, 0.2) is 0 Å². The lowest BCUT2D eigenvalue weighted by Gasteiger charge is -2.14. The quantitative estimate of drug-likeness (QED) is 0.798. The lowest BCUT2D eigenvalue weighted by molar-refractivity contribution is 0.469. The number of nitrogens with zero attached hydrogens (tertiary/aromatic N) is 3. The number of rotatable bonds is 3. The van der Waals surface area contributed by atoms with Gasteiger partial charge in [-0.25, -0.2) is 4.98 Å². The smallest absolute Gasteiger partial charge is 0.231 e. The molecule has 0 amide bonds. The number of anilines is 2. The molecule has 0 saturated carbocycles. The molecule has 1 aromatic heterocycles. The van der Waals surface area contributed by atoms with Crippen LogP contribution in [0.3, 0.4) is 0 Å². The highest BCUT2D eigenvalue weighted by atomic mass is 16.5. The van der Waals surface area contributed by atoms with E-state index in [1.807, 2.05) is 67.5 Å². The summed E-state index contributed by atoms with van der Waals surface area (Å²) in [6.45, 7) is 0. The zero-order valence-corrected chi connectivity index (χ0v) is 11.9. The van der Waals surface area contributed by atoms with E-state index >= 15 is 0 Å². The number of hydrogen-bond acceptors (Lipinski definition) is 5. The van der Waals surface area contributed by atoms with E-state index in [2.05, 4.69) is 9.97 Å². The summed E-state index contributed by atoms with van der Waals surface area (Å²) in [4.78, 5) is 10.4. The number of hydrogen-bond donors (Lipinski definition) is 1. The Labute approximate surface area is 123 Å². The van der Waals surface area contributed by atoms with Gasteiger partial charge in [-0.05, 0) is 24.3 Å². The third-order valence-corrected chi connectivity index (χ3v) is 3.13. The molecule has 0 atom stereocenters. The number of nitrogen functional groups attached to an aromatic ring is 1. The number of benzene rings is 2. The Kier molecular flexibility index (Phi) is 3.31. The van der Waals surface area contributed by atoms with Crippen LogP contribution in [-0.4, -0.2) is 24.1 Å². The summed E-state index contributed by atoms with van der Waals surface area (Å²) < 4.78 is 5.91. The molecule has 2 N–H and O–H groups in total. The van der Waals surface area contributed by atoms with E-state index in [1.165, 1.54) is 0 Å². The van der Waals surface area contributed by atoms with Crippen LogP contribution in [0.5, 0.6) is 11.6 Å². The molecule has 3 aromatic rings. The lowest BCUT2D eigenvalue weighted by atomic mass is 10.2. The van der Waals surface area contributed by atoms with Crippen molar-refractivity contribution in [1.82, 2.24) is 9.97 Å². The predicted octanol–water partition coefficient (Wildman–Crippen LogP) is 3.07.